The number of aromatic carboxylic acids is 1. The number of ether oxygens (including phenoxy) is 1. The number of carboxylic acids is 1. The summed E-state index contributed by atoms with van der Waals surface area (Å²) in [6.07, 6.45) is 0. The van der Waals surface area contributed by atoms with Crippen LogP contribution >= 0.6 is 0 Å². The smallest absolute Gasteiger partial charge is 0.336 e. The molecule has 0 fully saturated rings. The summed E-state index contributed by atoms with van der Waals surface area (Å²) in [4.78, 5) is 21.8. The van der Waals surface area contributed by atoms with Gasteiger partial charge in [0.1, 0.15) is 5.75 Å². The molecule has 0 bridgehead atoms. The Balaban J connectivity index is 2.70. The van der Waals surface area contributed by atoms with E-state index in [4.69, 9.17) is 9.84 Å². The van der Waals surface area contributed by atoms with Crippen molar-refractivity contribution in [2.75, 3.05) is 7.11 Å². The minimum absolute atomic E-state index is 0.0146. The molecule has 0 aliphatic carbocycles. The van der Waals surface area contributed by atoms with E-state index < -0.39 is 10.9 Å². The molecule has 0 unspecified atom stereocenters. The van der Waals surface area contributed by atoms with Gasteiger partial charge in [0.2, 0.25) is 0 Å². The zero-order chi connectivity index (χ0) is 14.7. The Morgan fingerprint density at radius 3 is 2.50 bits per heavy atom. The summed E-state index contributed by atoms with van der Waals surface area (Å²) in [6.45, 7) is 0. The van der Waals surface area contributed by atoms with Crippen molar-refractivity contribution in [2.45, 2.75) is 0 Å². The summed E-state index contributed by atoms with van der Waals surface area (Å²) in [6, 6.07) is 10.5. The fraction of sp³-hybridized carbons (Fsp3) is 0.0714. The molecule has 0 aromatic heterocycles. The number of hydrogen-bond acceptors (Lipinski definition) is 4. The van der Waals surface area contributed by atoms with Crippen molar-refractivity contribution in [3.8, 4) is 16.9 Å². The van der Waals surface area contributed by atoms with E-state index in [-0.39, 0.29) is 16.8 Å². The van der Waals surface area contributed by atoms with Crippen LogP contribution in [0.2, 0.25) is 0 Å². The Bertz CT molecular complexity index is 681. The third kappa shape index (κ3) is 2.44. The number of benzene rings is 2. The van der Waals surface area contributed by atoms with Gasteiger partial charge in [0, 0.05) is 5.56 Å². The molecule has 6 heteroatoms. The fourth-order valence-corrected chi connectivity index (χ4v) is 1.92. The Morgan fingerprint density at radius 1 is 1.20 bits per heavy atom. The molecule has 20 heavy (non-hydrogen) atoms. The minimum Gasteiger partial charge on any atom is -0.497 e. The molecule has 2 aromatic carbocycles. The minimum atomic E-state index is -1.13. The summed E-state index contributed by atoms with van der Waals surface area (Å²) in [5, 5.41) is 20.3. The lowest BCUT2D eigenvalue weighted by atomic mass is 9.98. The first-order chi connectivity index (χ1) is 9.54. The highest BCUT2D eigenvalue weighted by molar-refractivity contribution is 5.97. The molecule has 0 amide bonds. The van der Waals surface area contributed by atoms with E-state index in [0.717, 1.165) is 0 Å². The maximum atomic E-state index is 11.2. The topological polar surface area (TPSA) is 89.7 Å². The molecule has 0 heterocycles. The molecule has 1 N–H and O–H groups in total. The standard InChI is InChI=1S/C14H11NO5/c1-20-9-6-7-11(13(8-9)15(18)19)10-4-2-3-5-12(10)14(16)17/h2-8H,1H3,(H,16,17). The maximum absolute atomic E-state index is 11.2. The van der Waals surface area contributed by atoms with Gasteiger partial charge in [-0.2, -0.15) is 0 Å². The van der Waals surface area contributed by atoms with Crippen LogP contribution < -0.4 is 4.74 Å². The lowest BCUT2D eigenvalue weighted by molar-refractivity contribution is -0.384. The lowest BCUT2D eigenvalue weighted by Crippen LogP contribution is -2.01. The van der Waals surface area contributed by atoms with Crippen LogP contribution in [0.1, 0.15) is 10.4 Å². The van der Waals surface area contributed by atoms with Crippen molar-refractivity contribution in [1.82, 2.24) is 0 Å². The first-order valence-corrected chi connectivity index (χ1v) is 5.69. The summed E-state index contributed by atoms with van der Waals surface area (Å²) < 4.78 is 4.95. The molecule has 0 saturated heterocycles. The largest absolute Gasteiger partial charge is 0.497 e. The molecule has 0 saturated carbocycles. The lowest BCUT2D eigenvalue weighted by Gasteiger charge is -2.08. The van der Waals surface area contributed by atoms with Crippen LogP contribution in [0.5, 0.6) is 5.75 Å². The van der Waals surface area contributed by atoms with Gasteiger partial charge in [-0.15, -0.1) is 0 Å². The van der Waals surface area contributed by atoms with Gasteiger partial charge >= 0.3 is 5.97 Å². The molecule has 0 spiro atoms. The predicted octanol–water partition coefficient (Wildman–Crippen LogP) is 2.97. The average molecular weight is 273 g/mol. The van der Waals surface area contributed by atoms with Crippen molar-refractivity contribution in [2.24, 2.45) is 0 Å². The van der Waals surface area contributed by atoms with Gasteiger partial charge < -0.3 is 9.84 Å². The second-order valence-corrected chi connectivity index (χ2v) is 3.99. The van der Waals surface area contributed by atoms with E-state index in [2.05, 4.69) is 0 Å². The molecule has 0 aliphatic rings. The zero-order valence-electron chi connectivity index (χ0n) is 10.6. The number of carbonyl (C=O) groups is 1. The van der Waals surface area contributed by atoms with Crippen LogP contribution in [0.3, 0.4) is 0 Å². The summed E-state index contributed by atoms with van der Waals surface area (Å²) in [7, 11) is 1.41. The van der Waals surface area contributed by atoms with Crippen molar-refractivity contribution in [3.63, 3.8) is 0 Å². The first kappa shape index (κ1) is 13.5. The van der Waals surface area contributed by atoms with E-state index in [1.165, 1.54) is 31.4 Å². The number of nitrogens with zero attached hydrogens (tertiary/aromatic N) is 1. The first-order valence-electron chi connectivity index (χ1n) is 5.69. The number of nitro benzene ring substituents is 1. The highest BCUT2D eigenvalue weighted by Crippen LogP contribution is 2.34. The van der Waals surface area contributed by atoms with Gasteiger partial charge in [-0.25, -0.2) is 4.79 Å². The summed E-state index contributed by atoms with van der Waals surface area (Å²) >= 11 is 0. The van der Waals surface area contributed by atoms with Gasteiger partial charge in [0.25, 0.3) is 5.69 Å². The van der Waals surface area contributed by atoms with Gasteiger partial charge in [-0.1, -0.05) is 18.2 Å². The second-order valence-electron chi connectivity index (χ2n) is 3.99. The second kappa shape index (κ2) is 5.40. The third-order valence-corrected chi connectivity index (χ3v) is 2.85. The van der Waals surface area contributed by atoms with Crippen LogP contribution in [-0.2, 0) is 0 Å². The van der Waals surface area contributed by atoms with E-state index in [1.54, 1.807) is 18.2 Å². The monoisotopic (exact) mass is 273 g/mol. The van der Waals surface area contributed by atoms with Gasteiger partial charge in [0.05, 0.1) is 29.2 Å². The number of carboxylic acid groups (broad SMARTS) is 1. The van der Waals surface area contributed by atoms with Crippen LogP contribution in [-0.4, -0.2) is 23.1 Å². The number of rotatable bonds is 4. The van der Waals surface area contributed by atoms with Crippen molar-refractivity contribution in [1.29, 1.82) is 0 Å². The SMILES string of the molecule is COc1ccc(-c2ccccc2C(=O)O)c([N+](=O)[O-])c1. The van der Waals surface area contributed by atoms with Crippen LogP contribution in [0.15, 0.2) is 42.5 Å². The van der Waals surface area contributed by atoms with Gasteiger partial charge in [0.15, 0.2) is 0 Å². The Morgan fingerprint density at radius 2 is 1.90 bits per heavy atom. The van der Waals surface area contributed by atoms with Crippen LogP contribution in [0, 0.1) is 10.1 Å². The van der Waals surface area contributed by atoms with Gasteiger partial charge in [-0.05, 0) is 18.2 Å². The zero-order valence-corrected chi connectivity index (χ0v) is 10.6. The molecule has 0 aliphatic heterocycles. The Labute approximate surface area is 114 Å². The number of methoxy groups -OCH3 is 1. The van der Waals surface area contributed by atoms with E-state index in [1.807, 2.05) is 0 Å². The molecule has 2 rings (SSSR count). The molecule has 6 nitrogen and oxygen atoms in total. The highest BCUT2D eigenvalue weighted by atomic mass is 16.6. The molecule has 0 radical (unpaired) electrons. The van der Waals surface area contributed by atoms with E-state index in [9.17, 15) is 14.9 Å². The molecular weight excluding hydrogens is 262 g/mol. The molecular formula is C14H11NO5. The summed E-state index contributed by atoms with van der Waals surface area (Å²) in [5.74, 6) is -0.793. The predicted molar refractivity (Wildman–Crippen MR) is 72.0 cm³/mol. The summed E-state index contributed by atoms with van der Waals surface area (Å²) in [5.41, 5.74) is 0.363. The molecule has 0 atom stereocenters. The van der Waals surface area contributed by atoms with Crippen LogP contribution in [0.25, 0.3) is 11.1 Å². The molecule has 102 valence electrons. The van der Waals surface area contributed by atoms with Crippen molar-refractivity contribution < 1.29 is 19.6 Å². The Kier molecular flexibility index (Phi) is 3.65. The number of hydrogen-bond donors (Lipinski definition) is 1. The van der Waals surface area contributed by atoms with Crippen molar-refractivity contribution >= 4 is 11.7 Å². The van der Waals surface area contributed by atoms with Crippen molar-refractivity contribution in [3.05, 3.63) is 58.1 Å². The third-order valence-electron chi connectivity index (χ3n) is 2.85. The molecule has 2 aromatic rings. The van der Waals surface area contributed by atoms with Crippen LogP contribution in [0.4, 0.5) is 5.69 Å². The Hall–Kier alpha value is -2.89. The van der Waals surface area contributed by atoms with Gasteiger partial charge in [-0.3, -0.25) is 10.1 Å². The average Bonchev–Trinajstić information content (AvgIpc) is 2.46. The number of nitro groups is 1. The maximum Gasteiger partial charge on any atom is 0.336 e. The highest BCUT2D eigenvalue weighted by Gasteiger charge is 2.20. The van der Waals surface area contributed by atoms with E-state index >= 15 is 0 Å². The van der Waals surface area contributed by atoms with E-state index in [0.29, 0.717) is 11.3 Å². The normalized spacial score (nSPS) is 10.1. The fourth-order valence-electron chi connectivity index (χ4n) is 1.92. The quantitative estimate of drug-likeness (QED) is 0.683.